The number of rotatable bonds is 2. The molecular formula is C10H17NO2. The Morgan fingerprint density at radius 3 is 2.54 bits per heavy atom. The fraction of sp³-hybridized carbons (Fsp3) is 0.700. The predicted molar refractivity (Wildman–Crippen MR) is 51.4 cm³/mol. The number of allylic oxidation sites excluding steroid dienone is 1. The van der Waals surface area contributed by atoms with Gasteiger partial charge < -0.3 is 10.4 Å². The van der Waals surface area contributed by atoms with Crippen LogP contribution in [0.15, 0.2) is 11.8 Å². The van der Waals surface area contributed by atoms with Crippen LogP contribution in [-0.4, -0.2) is 17.1 Å². The van der Waals surface area contributed by atoms with Crippen LogP contribution in [0.25, 0.3) is 0 Å². The quantitative estimate of drug-likeness (QED) is 0.507. The van der Waals surface area contributed by atoms with Crippen molar-refractivity contribution in [3.63, 3.8) is 0 Å². The first kappa shape index (κ1) is 10.1. The van der Waals surface area contributed by atoms with Gasteiger partial charge in [0.05, 0.1) is 5.76 Å². The molecular weight excluding hydrogens is 166 g/mol. The molecule has 0 aliphatic heterocycles. The number of nitrogens with one attached hydrogen (secondary N) is 1. The first-order chi connectivity index (χ1) is 6.18. The number of carbonyl (C=O) groups is 1. The van der Waals surface area contributed by atoms with Gasteiger partial charge in [-0.1, -0.05) is 19.3 Å². The number of hydrogen-bond acceptors (Lipinski definition) is 2. The lowest BCUT2D eigenvalue weighted by molar-refractivity contribution is -0.117. The van der Waals surface area contributed by atoms with Gasteiger partial charge in [-0.3, -0.25) is 4.79 Å². The van der Waals surface area contributed by atoms with E-state index in [1.807, 2.05) is 0 Å². The van der Waals surface area contributed by atoms with Gasteiger partial charge in [0.25, 0.3) is 0 Å². The van der Waals surface area contributed by atoms with Crippen molar-refractivity contribution >= 4 is 5.91 Å². The van der Waals surface area contributed by atoms with E-state index in [1.54, 1.807) is 0 Å². The second kappa shape index (κ2) is 4.90. The zero-order valence-corrected chi connectivity index (χ0v) is 8.05. The molecule has 0 radical (unpaired) electrons. The average molecular weight is 183 g/mol. The Bertz CT molecular complexity index is 201. The molecule has 3 heteroatoms. The standard InChI is InChI=1S/C10H17NO2/c1-8(12)7-10(13)11-9-5-3-2-4-6-9/h7,9,12H,2-6H2,1H3,(H,11,13). The van der Waals surface area contributed by atoms with E-state index < -0.39 is 0 Å². The van der Waals surface area contributed by atoms with E-state index in [0.717, 1.165) is 12.8 Å². The molecule has 0 saturated heterocycles. The molecule has 1 amide bonds. The number of hydrogen-bond donors (Lipinski definition) is 2. The SMILES string of the molecule is CC(O)=CC(=O)NC1CCCCC1. The highest BCUT2D eigenvalue weighted by Gasteiger charge is 2.14. The van der Waals surface area contributed by atoms with Gasteiger partial charge in [-0.05, 0) is 19.8 Å². The Labute approximate surface area is 78.8 Å². The molecule has 0 aromatic heterocycles. The third-order valence-corrected chi connectivity index (χ3v) is 2.29. The minimum Gasteiger partial charge on any atom is -0.512 e. The lowest BCUT2D eigenvalue weighted by atomic mass is 9.95. The normalized spacial score (nSPS) is 19.9. The Balaban J connectivity index is 2.30. The third-order valence-electron chi connectivity index (χ3n) is 2.29. The van der Waals surface area contributed by atoms with E-state index in [9.17, 15) is 4.79 Å². The van der Waals surface area contributed by atoms with Crippen LogP contribution in [0.3, 0.4) is 0 Å². The monoisotopic (exact) mass is 183 g/mol. The first-order valence-corrected chi connectivity index (χ1v) is 4.86. The van der Waals surface area contributed by atoms with Gasteiger partial charge in [-0.2, -0.15) is 0 Å². The third kappa shape index (κ3) is 3.97. The van der Waals surface area contributed by atoms with E-state index in [4.69, 9.17) is 5.11 Å². The Kier molecular flexibility index (Phi) is 3.80. The summed E-state index contributed by atoms with van der Waals surface area (Å²) in [6, 6.07) is 0.317. The van der Waals surface area contributed by atoms with Crippen LogP contribution in [0.2, 0.25) is 0 Å². The summed E-state index contributed by atoms with van der Waals surface area (Å²) in [6.45, 7) is 1.50. The molecule has 3 nitrogen and oxygen atoms in total. The largest absolute Gasteiger partial charge is 0.512 e. The summed E-state index contributed by atoms with van der Waals surface area (Å²) in [7, 11) is 0. The van der Waals surface area contributed by atoms with Gasteiger partial charge in [0.2, 0.25) is 5.91 Å². The highest BCUT2D eigenvalue weighted by atomic mass is 16.3. The maximum Gasteiger partial charge on any atom is 0.247 e. The lowest BCUT2D eigenvalue weighted by Gasteiger charge is -2.21. The van der Waals surface area contributed by atoms with E-state index >= 15 is 0 Å². The molecule has 0 atom stereocenters. The van der Waals surface area contributed by atoms with Crippen LogP contribution < -0.4 is 5.32 Å². The van der Waals surface area contributed by atoms with E-state index in [0.29, 0.717) is 6.04 Å². The summed E-state index contributed by atoms with van der Waals surface area (Å²) in [4.78, 5) is 11.2. The molecule has 1 rings (SSSR count). The molecule has 0 bridgehead atoms. The van der Waals surface area contributed by atoms with Gasteiger partial charge in [-0.25, -0.2) is 0 Å². The fourth-order valence-electron chi connectivity index (χ4n) is 1.68. The number of carbonyl (C=O) groups excluding carboxylic acids is 1. The van der Waals surface area contributed by atoms with Gasteiger partial charge >= 0.3 is 0 Å². The molecule has 74 valence electrons. The molecule has 0 spiro atoms. The zero-order chi connectivity index (χ0) is 9.68. The van der Waals surface area contributed by atoms with Crippen molar-refractivity contribution in [1.82, 2.24) is 5.32 Å². The van der Waals surface area contributed by atoms with Crippen molar-refractivity contribution in [3.05, 3.63) is 11.8 Å². The van der Waals surface area contributed by atoms with Crippen molar-refractivity contribution in [2.24, 2.45) is 0 Å². The molecule has 0 aromatic carbocycles. The molecule has 1 saturated carbocycles. The van der Waals surface area contributed by atoms with Crippen LogP contribution in [0.1, 0.15) is 39.0 Å². The van der Waals surface area contributed by atoms with Gasteiger partial charge in [0, 0.05) is 12.1 Å². The van der Waals surface area contributed by atoms with Gasteiger partial charge in [0.15, 0.2) is 0 Å². The van der Waals surface area contributed by atoms with Gasteiger partial charge in [0.1, 0.15) is 0 Å². The molecule has 1 fully saturated rings. The summed E-state index contributed by atoms with van der Waals surface area (Å²) in [5.41, 5.74) is 0. The summed E-state index contributed by atoms with van der Waals surface area (Å²) >= 11 is 0. The first-order valence-electron chi connectivity index (χ1n) is 4.86. The summed E-state index contributed by atoms with van der Waals surface area (Å²) in [5.74, 6) is -0.111. The van der Waals surface area contributed by atoms with Crippen molar-refractivity contribution in [2.45, 2.75) is 45.1 Å². The van der Waals surface area contributed by atoms with Crippen molar-refractivity contribution < 1.29 is 9.90 Å². The Morgan fingerprint density at radius 1 is 1.38 bits per heavy atom. The zero-order valence-electron chi connectivity index (χ0n) is 8.05. The van der Waals surface area contributed by atoms with Crippen LogP contribution >= 0.6 is 0 Å². The number of amides is 1. The molecule has 0 heterocycles. The van der Waals surface area contributed by atoms with Crippen molar-refractivity contribution in [3.8, 4) is 0 Å². The fourth-order valence-corrected chi connectivity index (χ4v) is 1.68. The number of aliphatic hydroxyl groups is 1. The Hall–Kier alpha value is -0.990. The summed E-state index contributed by atoms with van der Waals surface area (Å²) in [5, 5.41) is 11.7. The highest BCUT2D eigenvalue weighted by molar-refractivity contribution is 5.88. The number of aliphatic hydroxyl groups excluding tert-OH is 1. The smallest absolute Gasteiger partial charge is 0.247 e. The Morgan fingerprint density at radius 2 is 2.00 bits per heavy atom. The molecule has 0 unspecified atom stereocenters. The second-order valence-electron chi connectivity index (χ2n) is 3.63. The van der Waals surface area contributed by atoms with Crippen LogP contribution in [0.5, 0.6) is 0 Å². The minimum absolute atomic E-state index is 0.0632. The second-order valence-corrected chi connectivity index (χ2v) is 3.63. The van der Waals surface area contributed by atoms with E-state index in [2.05, 4.69) is 5.32 Å². The van der Waals surface area contributed by atoms with Crippen LogP contribution in [-0.2, 0) is 4.79 Å². The highest BCUT2D eigenvalue weighted by Crippen LogP contribution is 2.17. The van der Waals surface area contributed by atoms with Crippen molar-refractivity contribution in [2.75, 3.05) is 0 Å². The maximum absolute atomic E-state index is 11.2. The van der Waals surface area contributed by atoms with Crippen molar-refractivity contribution in [1.29, 1.82) is 0 Å². The average Bonchev–Trinajstić information content (AvgIpc) is 2.04. The molecule has 0 aromatic rings. The van der Waals surface area contributed by atoms with Crippen LogP contribution in [0.4, 0.5) is 0 Å². The minimum atomic E-state index is -0.174. The predicted octanol–water partition coefficient (Wildman–Crippen LogP) is 1.90. The molecule has 13 heavy (non-hydrogen) atoms. The molecule has 2 N–H and O–H groups in total. The molecule has 1 aliphatic rings. The van der Waals surface area contributed by atoms with E-state index in [-0.39, 0.29) is 11.7 Å². The maximum atomic E-state index is 11.2. The van der Waals surface area contributed by atoms with Gasteiger partial charge in [-0.15, -0.1) is 0 Å². The summed E-state index contributed by atoms with van der Waals surface area (Å²) < 4.78 is 0. The summed E-state index contributed by atoms with van der Waals surface area (Å²) in [6.07, 6.45) is 7.06. The van der Waals surface area contributed by atoms with E-state index in [1.165, 1.54) is 32.3 Å². The molecule has 1 aliphatic carbocycles. The lowest BCUT2D eigenvalue weighted by Crippen LogP contribution is -2.35. The van der Waals surface area contributed by atoms with Crippen LogP contribution in [0, 0.1) is 0 Å². The topological polar surface area (TPSA) is 49.3 Å².